The standard InChI is InChI=1S/C25H20FNO2/c1-17-6-9-21(25-27-12-13-29-25)16-23(17)19-10-7-18(8-11-19)14-22(28)15-20-4-2-3-5-24(20)26/h2-13,16H,14-15H2,1H3. The van der Waals surface area contributed by atoms with Crippen LogP contribution in [-0.2, 0) is 17.6 Å². The van der Waals surface area contributed by atoms with Gasteiger partial charge >= 0.3 is 0 Å². The molecule has 0 fully saturated rings. The molecule has 3 aromatic carbocycles. The molecule has 0 saturated heterocycles. The summed E-state index contributed by atoms with van der Waals surface area (Å²) in [7, 11) is 0. The molecule has 4 aromatic rings. The molecule has 0 spiro atoms. The minimum Gasteiger partial charge on any atom is -0.445 e. The Morgan fingerprint density at radius 1 is 0.966 bits per heavy atom. The van der Waals surface area contributed by atoms with Crippen LogP contribution in [0.4, 0.5) is 4.39 Å². The Bertz CT molecular complexity index is 1130. The molecule has 29 heavy (non-hydrogen) atoms. The first kappa shape index (κ1) is 18.8. The number of ketones is 1. The lowest BCUT2D eigenvalue weighted by molar-refractivity contribution is -0.117. The number of benzene rings is 3. The monoisotopic (exact) mass is 385 g/mol. The van der Waals surface area contributed by atoms with Crippen molar-refractivity contribution in [3.05, 3.63) is 102 Å². The van der Waals surface area contributed by atoms with Crippen molar-refractivity contribution in [2.75, 3.05) is 0 Å². The molecule has 0 atom stereocenters. The minimum absolute atomic E-state index is 0.00933. The van der Waals surface area contributed by atoms with E-state index in [2.05, 4.69) is 18.0 Å². The maximum absolute atomic E-state index is 13.7. The lowest BCUT2D eigenvalue weighted by atomic mass is 9.96. The minimum atomic E-state index is -0.336. The Labute approximate surface area is 168 Å². The fourth-order valence-electron chi connectivity index (χ4n) is 3.38. The summed E-state index contributed by atoms with van der Waals surface area (Å²) < 4.78 is 19.1. The van der Waals surface area contributed by atoms with E-state index in [4.69, 9.17) is 4.42 Å². The molecule has 0 N–H and O–H groups in total. The second kappa shape index (κ2) is 8.23. The first-order valence-electron chi connectivity index (χ1n) is 9.45. The van der Waals surface area contributed by atoms with Gasteiger partial charge in [-0.15, -0.1) is 0 Å². The third-order valence-corrected chi connectivity index (χ3v) is 4.93. The van der Waals surface area contributed by atoms with Crippen molar-refractivity contribution in [3.63, 3.8) is 0 Å². The quantitative estimate of drug-likeness (QED) is 0.421. The van der Waals surface area contributed by atoms with Crippen LogP contribution in [0.5, 0.6) is 0 Å². The number of hydrogen-bond acceptors (Lipinski definition) is 3. The molecule has 0 bridgehead atoms. The molecule has 0 aliphatic rings. The van der Waals surface area contributed by atoms with Crippen molar-refractivity contribution in [3.8, 4) is 22.6 Å². The van der Waals surface area contributed by atoms with Crippen LogP contribution >= 0.6 is 0 Å². The fourth-order valence-corrected chi connectivity index (χ4v) is 3.38. The maximum atomic E-state index is 13.7. The summed E-state index contributed by atoms with van der Waals surface area (Å²) in [6.45, 7) is 2.06. The largest absolute Gasteiger partial charge is 0.445 e. The number of aryl methyl sites for hydroxylation is 1. The Morgan fingerprint density at radius 2 is 1.72 bits per heavy atom. The maximum Gasteiger partial charge on any atom is 0.225 e. The van der Waals surface area contributed by atoms with E-state index >= 15 is 0 Å². The van der Waals surface area contributed by atoms with Crippen LogP contribution in [0, 0.1) is 12.7 Å². The second-order valence-corrected chi connectivity index (χ2v) is 7.05. The van der Waals surface area contributed by atoms with Crippen LogP contribution in [0.2, 0.25) is 0 Å². The number of oxazole rings is 1. The average molecular weight is 385 g/mol. The molecular weight excluding hydrogens is 365 g/mol. The molecule has 4 heteroatoms. The van der Waals surface area contributed by atoms with E-state index in [-0.39, 0.29) is 24.4 Å². The Hall–Kier alpha value is -3.53. The normalized spacial score (nSPS) is 10.8. The number of carbonyl (C=O) groups excluding carboxylic acids is 1. The number of Topliss-reactive ketones (excluding diaryl/α,β-unsaturated/α-hetero) is 1. The SMILES string of the molecule is Cc1ccc(-c2ncco2)cc1-c1ccc(CC(=O)Cc2ccccc2F)cc1. The van der Waals surface area contributed by atoms with E-state index in [0.717, 1.165) is 27.8 Å². The molecule has 1 heterocycles. The van der Waals surface area contributed by atoms with E-state index in [1.54, 1.807) is 30.7 Å². The average Bonchev–Trinajstić information content (AvgIpc) is 3.26. The van der Waals surface area contributed by atoms with Crippen LogP contribution < -0.4 is 0 Å². The third-order valence-electron chi connectivity index (χ3n) is 4.93. The highest BCUT2D eigenvalue weighted by Gasteiger charge is 2.11. The molecule has 0 unspecified atom stereocenters. The van der Waals surface area contributed by atoms with Crippen LogP contribution in [0.3, 0.4) is 0 Å². The highest BCUT2D eigenvalue weighted by molar-refractivity contribution is 5.83. The van der Waals surface area contributed by atoms with E-state index in [1.165, 1.54) is 6.07 Å². The van der Waals surface area contributed by atoms with Gasteiger partial charge in [0, 0.05) is 18.4 Å². The van der Waals surface area contributed by atoms with Gasteiger partial charge in [0.05, 0.1) is 6.20 Å². The summed E-state index contributed by atoms with van der Waals surface area (Å²) in [4.78, 5) is 16.5. The lowest BCUT2D eigenvalue weighted by Gasteiger charge is -2.09. The fraction of sp³-hybridized carbons (Fsp3) is 0.120. The van der Waals surface area contributed by atoms with Crippen molar-refractivity contribution in [1.82, 2.24) is 4.98 Å². The van der Waals surface area contributed by atoms with E-state index in [0.29, 0.717) is 11.5 Å². The van der Waals surface area contributed by atoms with Crippen LogP contribution in [0.1, 0.15) is 16.7 Å². The molecule has 0 aliphatic carbocycles. The van der Waals surface area contributed by atoms with Crippen LogP contribution in [0.25, 0.3) is 22.6 Å². The predicted octanol–water partition coefficient (Wildman–Crippen LogP) is 5.81. The second-order valence-electron chi connectivity index (χ2n) is 7.05. The van der Waals surface area contributed by atoms with Gasteiger partial charge in [0.15, 0.2) is 0 Å². The van der Waals surface area contributed by atoms with Gasteiger partial charge in [0.25, 0.3) is 0 Å². The molecule has 144 valence electrons. The molecule has 0 saturated carbocycles. The number of rotatable bonds is 6. The number of nitrogens with zero attached hydrogens (tertiary/aromatic N) is 1. The Balaban J connectivity index is 1.50. The summed E-state index contributed by atoms with van der Waals surface area (Å²) in [6.07, 6.45) is 3.57. The van der Waals surface area contributed by atoms with E-state index in [1.807, 2.05) is 36.4 Å². The zero-order valence-corrected chi connectivity index (χ0v) is 16.1. The summed E-state index contributed by atoms with van der Waals surface area (Å²) in [5.41, 5.74) is 5.55. The molecule has 3 nitrogen and oxygen atoms in total. The van der Waals surface area contributed by atoms with Gasteiger partial charge in [-0.3, -0.25) is 4.79 Å². The Kier molecular flexibility index (Phi) is 5.34. The number of carbonyl (C=O) groups is 1. The Morgan fingerprint density at radius 3 is 2.45 bits per heavy atom. The molecular formula is C25H20FNO2. The summed E-state index contributed by atoms with van der Waals surface area (Å²) in [5, 5.41) is 0. The zero-order valence-electron chi connectivity index (χ0n) is 16.1. The summed E-state index contributed by atoms with van der Waals surface area (Å²) >= 11 is 0. The van der Waals surface area contributed by atoms with Crippen molar-refractivity contribution >= 4 is 5.78 Å². The lowest BCUT2D eigenvalue weighted by Crippen LogP contribution is -2.07. The third kappa shape index (κ3) is 4.32. The first-order valence-corrected chi connectivity index (χ1v) is 9.45. The van der Waals surface area contributed by atoms with Gasteiger partial charge in [-0.2, -0.15) is 0 Å². The molecule has 0 radical (unpaired) electrons. The topological polar surface area (TPSA) is 43.1 Å². The zero-order chi connectivity index (χ0) is 20.2. The highest BCUT2D eigenvalue weighted by atomic mass is 19.1. The van der Waals surface area contributed by atoms with Crippen molar-refractivity contribution < 1.29 is 13.6 Å². The van der Waals surface area contributed by atoms with Crippen molar-refractivity contribution in [2.24, 2.45) is 0 Å². The van der Waals surface area contributed by atoms with Crippen molar-refractivity contribution in [2.45, 2.75) is 19.8 Å². The number of aromatic nitrogens is 1. The molecule has 1 aromatic heterocycles. The number of halogens is 1. The molecule has 0 amide bonds. The first-order chi connectivity index (χ1) is 14.1. The van der Waals surface area contributed by atoms with E-state index in [9.17, 15) is 9.18 Å². The molecule has 0 aliphatic heterocycles. The van der Waals surface area contributed by atoms with Gasteiger partial charge in [0.2, 0.25) is 5.89 Å². The van der Waals surface area contributed by atoms with Gasteiger partial charge in [-0.1, -0.05) is 48.5 Å². The van der Waals surface area contributed by atoms with Crippen LogP contribution in [-0.4, -0.2) is 10.8 Å². The van der Waals surface area contributed by atoms with Crippen molar-refractivity contribution in [1.29, 1.82) is 0 Å². The predicted molar refractivity (Wildman–Crippen MR) is 111 cm³/mol. The van der Waals surface area contributed by atoms with Gasteiger partial charge in [0.1, 0.15) is 17.9 Å². The highest BCUT2D eigenvalue weighted by Crippen LogP contribution is 2.29. The number of hydrogen-bond donors (Lipinski definition) is 0. The van der Waals surface area contributed by atoms with Gasteiger partial charge in [-0.05, 0) is 52.9 Å². The van der Waals surface area contributed by atoms with Gasteiger partial charge < -0.3 is 4.42 Å². The molecule has 4 rings (SSSR count). The van der Waals surface area contributed by atoms with Crippen LogP contribution in [0.15, 0.2) is 83.6 Å². The summed E-state index contributed by atoms with van der Waals surface area (Å²) in [6, 6.07) is 20.4. The van der Waals surface area contributed by atoms with Gasteiger partial charge in [-0.25, -0.2) is 9.37 Å². The summed E-state index contributed by atoms with van der Waals surface area (Å²) in [5.74, 6) is 0.240. The van der Waals surface area contributed by atoms with E-state index < -0.39 is 0 Å². The smallest absolute Gasteiger partial charge is 0.225 e.